The lowest BCUT2D eigenvalue weighted by Crippen LogP contribution is -2.29. The van der Waals surface area contributed by atoms with E-state index in [-0.39, 0.29) is 0 Å². The summed E-state index contributed by atoms with van der Waals surface area (Å²) in [5.74, 6) is 6.74. The van der Waals surface area contributed by atoms with Gasteiger partial charge in [-0.3, -0.25) is 4.90 Å². The van der Waals surface area contributed by atoms with Gasteiger partial charge in [0.2, 0.25) is 0 Å². The average molecular weight is 333 g/mol. The second-order valence-electron chi connectivity index (χ2n) is 5.08. The molecule has 1 saturated heterocycles. The van der Waals surface area contributed by atoms with Crippen LogP contribution in [0.15, 0.2) is 0 Å². The first kappa shape index (κ1) is 19.1. The number of hydrogen-bond acceptors (Lipinski definition) is 5. The molecule has 4 nitrogen and oxygen atoms in total. The Morgan fingerprint density at radius 2 is 1.67 bits per heavy atom. The lowest BCUT2D eigenvalue weighted by Gasteiger charge is -2.23. The molecule has 0 unspecified atom stereocenters. The van der Waals surface area contributed by atoms with Crippen LogP contribution in [0.2, 0.25) is 0 Å². The van der Waals surface area contributed by atoms with Crippen LogP contribution in [-0.2, 0) is 13.6 Å². The van der Waals surface area contributed by atoms with Crippen LogP contribution in [0.3, 0.4) is 0 Å². The molecule has 1 fully saturated rings. The van der Waals surface area contributed by atoms with E-state index in [1.807, 2.05) is 13.8 Å². The van der Waals surface area contributed by atoms with E-state index in [1.54, 1.807) is 0 Å². The Balaban J connectivity index is 2.29. The van der Waals surface area contributed by atoms with Crippen molar-refractivity contribution in [1.82, 2.24) is 4.90 Å². The highest BCUT2D eigenvalue weighted by Gasteiger charge is 2.24. The molecule has 0 saturated carbocycles. The van der Waals surface area contributed by atoms with Crippen molar-refractivity contribution in [3.8, 4) is 11.8 Å². The maximum atomic E-state index is 12.4. The van der Waals surface area contributed by atoms with Gasteiger partial charge in [-0.25, -0.2) is 4.57 Å². The van der Waals surface area contributed by atoms with Gasteiger partial charge >= 0.3 is 6.80 Å². The minimum Gasteiger partial charge on any atom is -0.301 e. The van der Waals surface area contributed by atoms with Crippen LogP contribution in [0.1, 0.15) is 46.0 Å². The topological polar surface area (TPSA) is 38.8 Å². The Labute approximate surface area is 133 Å². The van der Waals surface area contributed by atoms with Crippen LogP contribution in [-0.4, -0.2) is 43.5 Å². The highest BCUT2D eigenvalue weighted by molar-refractivity contribution is 8.55. The minimum atomic E-state index is -3.02. The van der Waals surface area contributed by atoms with Gasteiger partial charge in [-0.05, 0) is 50.2 Å². The normalized spacial score (nSPS) is 16.5. The predicted molar refractivity (Wildman–Crippen MR) is 90.6 cm³/mol. The molecule has 6 heteroatoms. The summed E-state index contributed by atoms with van der Waals surface area (Å²) in [6.07, 6.45) is 5.57. The highest BCUT2D eigenvalue weighted by atomic mass is 32.7. The third-order valence-electron chi connectivity index (χ3n) is 3.08. The molecule has 0 aromatic rings. The van der Waals surface area contributed by atoms with Crippen molar-refractivity contribution in [2.75, 3.05) is 38.6 Å². The molecule has 0 aromatic heterocycles. The van der Waals surface area contributed by atoms with Crippen LogP contribution in [0, 0.1) is 11.8 Å². The summed E-state index contributed by atoms with van der Waals surface area (Å²) in [6.45, 7) is 5.02. The van der Waals surface area contributed by atoms with Gasteiger partial charge in [-0.15, -0.1) is 0 Å². The van der Waals surface area contributed by atoms with Crippen molar-refractivity contribution >= 4 is 18.2 Å². The maximum Gasteiger partial charge on any atom is 0.390 e. The van der Waals surface area contributed by atoms with Gasteiger partial charge in [-0.1, -0.05) is 32.1 Å². The monoisotopic (exact) mass is 333 g/mol. The fraction of sp³-hybridized carbons (Fsp3) is 0.867. The molecule has 0 N–H and O–H groups in total. The van der Waals surface area contributed by atoms with Gasteiger partial charge in [-0.2, -0.15) is 0 Å². The molecule has 1 rings (SSSR count). The third-order valence-corrected chi connectivity index (χ3v) is 6.63. The molecule has 0 aliphatic carbocycles. The van der Waals surface area contributed by atoms with Crippen molar-refractivity contribution in [3.63, 3.8) is 0 Å². The van der Waals surface area contributed by atoms with Gasteiger partial charge in [0.15, 0.2) is 0 Å². The summed E-state index contributed by atoms with van der Waals surface area (Å²) in [5, 5.41) is 0. The molecule has 0 bridgehead atoms. The average Bonchev–Trinajstić information content (AvgIpc) is 2.52. The van der Waals surface area contributed by atoms with Gasteiger partial charge < -0.3 is 9.05 Å². The molecular formula is C15H28NO3PS. The summed E-state index contributed by atoms with van der Waals surface area (Å²) >= 11 is 1.21. The molecule has 0 aromatic carbocycles. The Bertz CT molecular complexity index is 363. The van der Waals surface area contributed by atoms with Crippen molar-refractivity contribution in [2.24, 2.45) is 0 Å². The summed E-state index contributed by atoms with van der Waals surface area (Å²) < 4.78 is 23.2. The van der Waals surface area contributed by atoms with Gasteiger partial charge in [0.05, 0.1) is 25.5 Å². The molecule has 21 heavy (non-hydrogen) atoms. The number of hydrogen-bond donors (Lipinski definition) is 0. The Morgan fingerprint density at radius 1 is 1.05 bits per heavy atom. The lowest BCUT2D eigenvalue weighted by atomic mass is 10.1. The molecule has 1 heterocycles. The van der Waals surface area contributed by atoms with Gasteiger partial charge in [0.25, 0.3) is 0 Å². The van der Waals surface area contributed by atoms with E-state index >= 15 is 0 Å². The standard InChI is InChI=1S/C15H28NO3PS/c1-3-13-18-20(17,19-14-4-2)21-15-9-8-12-16-10-6-5-7-11-16/h3-7,10-15H2,1-2H3. The molecule has 0 spiro atoms. The minimum absolute atomic E-state index is 0.467. The van der Waals surface area contributed by atoms with Crippen molar-refractivity contribution in [2.45, 2.75) is 46.0 Å². The first-order valence-electron chi connectivity index (χ1n) is 7.92. The van der Waals surface area contributed by atoms with Crippen LogP contribution < -0.4 is 0 Å². The molecule has 0 atom stereocenters. The fourth-order valence-electron chi connectivity index (χ4n) is 1.97. The van der Waals surface area contributed by atoms with Crippen molar-refractivity contribution in [3.05, 3.63) is 0 Å². The predicted octanol–water partition coefficient (Wildman–Crippen LogP) is 4.17. The fourth-order valence-corrected chi connectivity index (χ4v) is 4.89. The first-order chi connectivity index (χ1) is 10.2. The maximum absolute atomic E-state index is 12.4. The second-order valence-corrected chi connectivity index (χ2v) is 9.15. The highest BCUT2D eigenvalue weighted by Crippen LogP contribution is 2.60. The summed E-state index contributed by atoms with van der Waals surface area (Å²) in [4.78, 5) is 2.38. The number of rotatable bonds is 9. The summed E-state index contributed by atoms with van der Waals surface area (Å²) in [7, 11) is 0. The summed E-state index contributed by atoms with van der Waals surface area (Å²) in [6, 6.07) is 0. The van der Waals surface area contributed by atoms with E-state index < -0.39 is 6.80 Å². The zero-order valence-corrected chi connectivity index (χ0v) is 15.0. The smallest absolute Gasteiger partial charge is 0.301 e. The van der Waals surface area contributed by atoms with E-state index in [9.17, 15) is 4.57 Å². The first-order valence-corrected chi connectivity index (χ1v) is 11.0. The van der Waals surface area contributed by atoms with Crippen LogP contribution in [0.25, 0.3) is 0 Å². The zero-order valence-electron chi connectivity index (χ0n) is 13.3. The Morgan fingerprint density at radius 3 is 2.24 bits per heavy atom. The molecular weight excluding hydrogens is 305 g/mol. The number of likely N-dealkylation sites (tertiary alicyclic amines) is 1. The molecule has 0 radical (unpaired) electrons. The molecule has 0 amide bonds. The number of nitrogens with zero attached hydrogens (tertiary/aromatic N) is 1. The Kier molecular flexibility index (Phi) is 10.5. The molecule has 122 valence electrons. The quantitative estimate of drug-likeness (QED) is 0.468. The number of piperidine rings is 1. The lowest BCUT2D eigenvalue weighted by molar-refractivity contribution is 0.220. The van der Waals surface area contributed by atoms with Crippen LogP contribution >= 0.6 is 18.2 Å². The zero-order chi connectivity index (χ0) is 15.4. The largest absolute Gasteiger partial charge is 0.390 e. The van der Waals surface area contributed by atoms with Crippen LogP contribution in [0.4, 0.5) is 0 Å². The van der Waals surface area contributed by atoms with Crippen molar-refractivity contribution in [1.29, 1.82) is 0 Å². The van der Waals surface area contributed by atoms with E-state index in [0.717, 1.165) is 32.5 Å². The van der Waals surface area contributed by atoms with E-state index in [4.69, 9.17) is 9.05 Å². The van der Waals surface area contributed by atoms with Gasteiger partial charge in [0, 0.05) is 0 Å². The third kappa shape index (κ3) is 8.90. The molecule has 1 aliphatic heterocycles. The SMILES string of the molecule is CCCOP(=O)(OCCC)SCC#CCN1CCCCC1. The van der Waals surface area contributed by atoms with E-state index in [1.165, 1.54) is 30.6 Å². The summed E-state index contributed by atoms with van der Waals surface area (Å²) in [5.41, 5.74) is 0. The van der Waals surface area contributed by atoms with Gasteiger partial charge in [0.1, 0.15) is 0 Å². The van der Waals surface area contributed by atoms with Crippen LogP contribution in [0.5, 0.6) is 0 Å². The second kappa shape index (κ2) is 11.6. The van der Waals surface area contributed by atoms with E-state index in [0.29, 0.717) is 19.0 Å². The van der Waals surface area contributed by atoms with E-state index in [2.05, 4.69) is 16.7 Å². The molecule has 1 aliphatic rings. The Hall–Kier alpha value is 0.0200. The van der Waals surface area contributed by atoms with Crippen molar-refractivity contribution < 1.29 is 13.6 Å².